The highest BCUT2D eigenvalue weighted by atomic mass is 16.5. The zero-order valence-electron chi connectivity index (χ0n) is 14.0. The minimum Gasteiger partial charge on any atom is -0.497 e. The number of likely N-dealkylation sites (tertiary alicyclic amines) is 1. The summed E-state index contributed by atoms with van der Waals surface area (Å²) in [5, 5.41) is 0. The van der Waals surface area contributed by atoms with Crippen LogP contribution < -0.4 is 4.74 Å². The van der Waals surface area contributed by atoms with E-state index in [1.54, 1.807) is 7.11 Å². The fraction of sp³-hybridized carbons (Fsp3) is 0.611. The molecule has 0 radical (unpaired) electrons. The van der Waals surface area contributed by atoms with Crippen molar-refractivity contribution in [3.05, 3.63) is 29.8 Å². The summed E-state index contributed by atoms with van der Waals surface area (Å²) in [5.41, 5.74) is 1.11. The normalized spacial score (nSPS) is 16.5. The quantitative estimate of drug-likeness (QED) is 0.776. The fourth-order valence-electron chi connectivity index (χ4n) is 2.98. The summed E-state index contributed by atoms with van der Waals surface area (Å²) < 4.78 is 5.26. The van der Waals surface area contributed by atoms with Crippen molar-refractivity contribution in [1.29, 1.82) is 0 Å². The van der Waals surface area contributed by atoms with Gasteiger partial charge in [0.1, 0.15) is 5.75 Å². The van der Waals surface area contributed by atoms with Crippen LogP contribution in [0.1, 0.15) is 44.2 Å². The van der Waals surface area contributed by atoms with Gasteiger partial charge in [0, 0.05) is 13.5 Å². The maximum atomic E-state index is 12.4. The predicted molar refractivity (Wildman–Crippen MR) is 89.1 cm³/mol. The lowest BCUT2D eigenvalue weighted by Gasteiger charge is -2.26. The van der Waals surface area contributed by atoms with Crippen molar-refractivity contribution in [1.82, 2.24) is 9.80 Å². The maximum Gasteiger partial charge on any atom is 0.222 e. The molecule has 1 unspecified atom stereocenters. The molecule has 2 rings (SSSR count). The zero-order chi connectivity index (χ0) is 15.9. The smallest absolute Gasteiger partial charge is 0.222 e. The van der Waals surface area contributed by atoms with Crippen LogP contribution >= 0.6 is 0 Å². The molecule has 1 fully saturated rings. The Labute approximate surface area is 134 Å². The number of nitrogens with zero attached hydrogens (tertiary/aromatic N) is 2. The Morgan fingerprint density at radius 2 is 2.09 bits per heavy atom. The Kier molecular flexibility index (Phi) is 6.25. The highest BCUT2D eigenvalue weighted by molar-refractivity contribution is 5.76. The minimum absolute atomic E-state index is 0.0642. The van der Waals surface area contributed by atoms with Gasteiger partial charge in [-0.05, 0) is 63.5 Å². The van der Waals surface area contributed by atoms with Crippen LogP contribution in [0.3, 0.4) is 0 Å². The third-order valence-corrected chi connectivity index (χ3v) is 4.61. The van der Waals surface area contributed by atoms with E-state index in [0.717, 1.165) is 24.3 Å². The molecule has 0 N–H and O–H groups in total. The van der Waals surface area contributed by atoms with Crippen LogP contribution in [0.5, 0.6) is 5.75 Å². The van der Waals surface area contributed by atoms with Crippen molar-refractivity contribution >= 4 is 5.91 Å². The molecule has 1 aliphatic rings. The van der Waals surface area contributed by atoms with Crippen molar-refractivity contribution in [2.24, 2.45) is 0 Å². The highest BCUT2D eigenvalue weighted by Gasteiger charge is 2.18. The third-order valence-electron chi connectivity index (χ3n) is 4.61. The molecule has 0 aromatic heterocycles. The van der Waals surface area contributed by atoms with E-state index in [1.165, 1.54) is 25.9 Å². The van der Waals surface area contributed by atoms with Crippen molar-refractivity contribution in [2.75, 3.05) is 33.8 Å². The maximum absolute atomic E-state index is 12.4. The number of carbonyl (C=O) groups is 1. The molecule has 4 heteroatoms. The van der Waals surface area contributed by atoms with E-state index >= 15 is 0 Å². The number of hydrogen-bond acceptors (Lipinski definition) is 3. The Bertz CT molecular complexity index is 484. The molecule has 1 amide bonds. The van der Waals surface area contributed by atoms with Gasteiger partial charge in [-0.1, -0.05) is 12.1 Å². The van der Waals surface area contributed by atoms with E-state index in [2.05, 4.69) is 11.8 Å². The number of hydrogen-bond donors (Lipinski definition) is 0. The van der Waals surface area contributed by atoms with Crippen LogP contribution in [-0.4, -0.2) is 49.5 Å². The first-order valence-corrected chi connectivity index (χ1v) is 8.24. The van der Waals surface area contributed by atoms with E-state index < -0.39 is 0 Å². The molecule has 22 heavy (non-hydrogen) atoms. The van der Waals surface area contributed by atoms with Gasteiger partial charge in [0.05, 0.1) is 13.2 Å². The largest absolute Gasteiger partial charge is 0.497 e. The molecule has 4 nitrogen and oxygen atoms in total. The van der Waals surface area contributed by atoms with E-state index in [0.29, 0.717) is 6.42 Å². The Morgan fingerprint density at radius 1 is 1.36 bits per heavy atom. The summed E-state index contributed by atoms with van der Waals surface area (Å²) in [6, 6.07) is 8.00. The predicted octanol–water partition coefficient (Wildman–Crippen LogP) is 3.09. The molecule has 0 aliphatic carbocycles. The SMILES string of the molecule is COc1cccc(C(C)N(C)C(=O)CCCN2CCCC2)c1. The standard InChI is InChI=1S/C18H28N2O2/c1-15(16-8-6-9-17(14-16)22-3)19(2)18(21)10-7-13-20-11-4-5-12-20/h6,8-9,14-15H,4-5,7,10-13H2,1-3H3. The van der Waals surface area contributed by atoms with Gasteiger partial charge < -0.3 is 14.5 Å². The topological polar surface area (TPSA) is 32.8 Å². The lowest BCUT2D eigenvalue weighted by Crippen LogP contribution is -2.30. The molecule has 1 aromatic rings. The van der Waals surface area contributed by atoms with Crippen LogP contribution in [0.25, 0.3) is 0 Å². The number of ether oxygens (including phenoxy) is 1. The molecule has 1 atom stereocenters. The van der Waals surface area contributed by atoms with Crippen molar-refractivity contribution in [2.45, 2.75) is 38.6 Å². The lowest BCUT2D eigenvalue weighted by molar-refractivity contribution is -0.132. The van der Waals surface area contributed by atoms with Gasteiger partial charge in [0.2, 0.25) is 5.91 Å². The van der Waals surface area contributed by atoms with Gasteiger partial charge in [-0.3, -0.25) is 4.79 Å². The first-order valence-electron chi connectivity index (χ1n) is 8.24. The Morgan fingerprint density at radius 3 is 2.77 bits per heavy atom. The summed E-state index contributed by atoms with van der Waals surface area (Å²) in [6.07, 6.45) is 4.19. The molecule has 1 saturated heterocycles. The van der Waals surface area contributed by atoms with E-state index in [4.69, 9.17) is 4.74 Å². The number of benzene rings is 1. The van der Waals surface area contributed by atoms with Gasteiger partial charge >= 0.3 is 0 Å². The van der Waals surface area contributed by atoms with Crippen LogP contribution in [-0.2, 0) is 4.79 Å². The molecule has 122 valence electrons. The van der Waals surface area contributed by atoms with Crippen molar-refractivity contribution < 1.29 is 9.53 Å². The molecule has 0 saturated carbocycles. The molecule has 1 aromatic carbocycles. The Hall–Kier alpha value is -1.55. The first-order chi connectivity index (χ1) is 10.6. The van der Waals surface area contributed by atoms with E-state index in [9.17, 15) is 4.79 Å². The number of rotatable bonds is 7. The number of methoxy groups -OCH3 is 1. The zero-order valence-corrected chi connectivity index (χ0v) is 14.0. The summed E-state index contributed by atoms with van der Waals surface area (Å²) in [6.45, 7) is 5.51. The van der Waals surface area contributed by atoms with Gasteiger partial charge in [0.15, 0.2) is 0 Å². The summed E-state index contributed by atoms with van der Waals surface area (Å²) in [5.74, 6) is 1.05. The molecule has 0 spiro atoms. The molecule has 0 bridgehead atoms. The lowest BCUT2D eigenvalue weighted by atomic mass is 10.1. The highest BCUT2D eigenvalue weighted by Crippen LogP contribution is 2.23. The van der Waals surface area contributed by atoms with Crippen LogP contribution in [0.4, 0.5) is 0 Å². The van der Waals surface area contributed by atoms with E-state index in [-0.39, 0.29) is 11.9 Å². The van der Waals surface area contributed by atoms with Crippen LogP contribution in [0.2, 0.25) is 0 Å². The molecular weight excluding hydrogens is 276 g/mol. The number of amides is 1. The molecular formula is C18H28N2O2. The second-order valence-electron chi connectivity index (χ2n) is 6.11. The average Bonchev–Trinajstić information content (AvgIpc) is 3.06. The number of carbonyl (C=O) groups excluding carboxylic acids is 1. The van der Waals surface area contributed by atoms with Crippen molar-refractivity contribution in [3.63, 3.8) is 0 Å². The summed E-state index contributed by atoms with van der Waals surface area (Å²) in [7, 11) is 3.55. The van der Waals surface area contributed by atoms with Gasteiger partial charge in [0.25, 0.3) is 0 Å². The third kappa shape index (κ3) is 4.47. The van der Waals surface area contributed by atoms with Crippen molar-refractivity contribution in [3.8, 4) is 5.75 Å². The second kappa shape index (κ2) is 8.18. The van der Waals surface area contributed by atoms with E-state index in [1.807, 2.05) is 36.2 Å². The monoisotopic (exact) mass is 304 g/mol. The van der Waals surface area contributed by atoms with Gasteiger partial charge in [-0.25, -0.2) is 0 Å². The fourth-order valence-corrected chi connectivity index (χ4v) is 2.98. The molecule has 1 aliphatic heterocycles. The second-order valence-corrected chi connectivity index (χ2v) is 6.11. The average molecular weight is 304 g/mol. The summed E-state index contributed by atoms with van der Waals surface area (Å²) >= 11 is 0. The molecule has 1 heterocycles. The van der Waals surface area contributed by atoms with Gasteiger partial charge in [-0.2, -0.15) is 0 Å². The van der Waals surface area contributed by atoms with Gasteiger partial charge in [-0.15, -0.1) is 0 Å². The summed E-state index contributed by atoms with van der Waals surface area (Å²) in [4.78, 5) is 16.7. The van der Waals surface area contributed by atoms with Crippen LogP contribution in [0.15, 0.2) is 24.3 Å². The van der Waals surface area contributed by atoms with Crippen LogP contribution in [0, 0.1) is 0 Å². The minimum atomic E-state index is 0.0642. The Balaban J connectivity index is 1.82. The first kappa shape index (κ1) is 16.8.